The zero-order chi connectivity index (χ0) is 27.8. The number of benzene rings is 1. The summed E-state index contributed by atoms with van der Waals surface area (Å²) in [5.41, 5.74) is 2.32. The molecule has 3 amide bonds. The minimum Gasteiger partial charge on any atom is -0.460 e. The van der Waals surface area contributed by atoms with E-state index >= 15 is 0 Å². The highest BCUT2D eigenvalue weighted by molar-refractivity contribution is 5.95. The fraction of sp³-hybridized carbons (Fsp3) is 0.633. The first-order chi connectivity index (χ1) is 18.4. The Kier molecular flexibility index (Phi) is 14.5. The maximum Gasteiger partial charge on any atom is 0.338 e. The number of hydrogen-bond donors (Lipinski definition) is 2. The number of rotatable bonds is 18. The molecular weight excluding hydrogens is 482 g/mol. The van der Waals surface area contributed by atoms with E-state index in [1.54, 1.807) is 26.1 Å². The van der Waals surface area contributed by atoms with E-state index in [4.69, 9.17) is 9.47 Å². The maximum absolute atomic E-state index is 12.8. The van der Waals surface area contributed by atoms with Crippen molar-refractivity contribution in [2.24, 2.45) is 0 Å². The summed E-state index contributed by atoms with van der Waals surface area (Å²) in [4.78, 5) is 39.0. The molecule has 0 aliphatic carbocycles. The van der Waals surface area contributed by atoms with Gasteiger partial charge in [0.2, 0.25) is 5.91 Å². The van der Waals surface area contributed by atoms with E-state index in [0.717, 1.165) is 18.4 Å². The molecule has 0 saturated carbocycles. The van der Waals surface area contributed by atoms with Crippen molar-refractivity contribution < 1.29 is 23.9 Å². The molecule has 38 heavy (non-hydrogen) atoms. The van der Waals surface area contributed by atoms with Crippen LogP contribution in [0.4, 0.5) is 10.5 Å². The molecule has 2 N–H and O–H groups in total. The Balaban J connectivity index is 1.80. The quantitative estimate of drug-likeness (QED) is 0.167. The van der Waals surface area contributed by atoms with Crippen LogP contribution in [0.5, 0.6) is 0 Å². The molecule has 8 nitrogen and oxygen atoms in total. The Labute approximate surface area is 228 Å². The van der Waals surface area contributed by atoms with Crippen LogP contribution < -0.4 is 10.6 Å². The molecule has 0 saturated heterocycles. The fourth-order valence-electron chi connectivity index (χ4n) is 4.58. The minimum atomic E-state index is -0.644. The van der Waals surface area contributed by atoms with Crippen LogP contribution in [0, 0.1) is 0 Å². The third-order valence-electron chi connectivity index (χ3n) is 7.03. The van der Waals surface area contributed by atoms with Crippen molar-refractivity contribution in [3.63, 3.8) is 0 Å². The van der Waals surface area contributed by atoms with Crippen LogP contribution in [0.15, 0.2) is 35.5 Å². The Bertz CT molecular complexity index is 913. The van der Waals surface area contributed by atoms with Crippen LogP contribution in [0.2, 0.25) is 0 Å². The van der Waals surface area contributed by atoms with E-state index in [0.29, 0.717) is 30.0 Å². The molecule has 2 rings (SSSR count). The van der Waals surface area contributed by atoms with Gasteiger partial charge >= 0.3 is 12.0 Å². The summed E-state index contributed by atoms with van der Waals surface area (Å²) in [6, 6.07) is 6.26. The van der Waals surface area contributed by atoms with Gasteiger partial charge in [-0.05, 0) is 31.0 Å². The van der Waals surface area contributed by atoms with Gasteiger partial charge in [-0.3, -0.25) is 4.79 Å². The van der Waals surface area contributed by atoms with Gasteiger partial charge in [0, 0.05) is 32.0 Å². The van der Waals surface area contributed by atoms with Crippen molar-refractivity contribution in [3.05, 3.63) is 41.1 Å². The number of allylic oxidation sites excluding steroid dienone is 1. The zero-order valence-corrected chi connectivity index (χ0v) is 23.8. The molecule has 212 valence electrons. The first kappa shape index (κ1) is 31.3. The number of urea groups is 1. The topological polar surface area (TPSA) is 97.0 Å². The summed E-state index contributed by atoms with van der Waals surface area (Å²) in [5, 5.41) is 5.82. The summed E-state index contributed by atoms with van der Waals surface area (Å²) in [6.45, 7) is 4.39. The zero-order valence-electron chi connectivity index (χ0n) is 23.8. The number of nitrogens with zero attached hydrogens (tertiary/aromatic N) is 1. The number of hydrogen-bond acceptors (Lipinski definition) is 5. The van der Waals surface area contributed by atoms with Crippen LogP contribution in [0.25, 0.3) is 0 Å². The number of unbranched alkanes of at least 4 members (excludes halogenated alkanes) is 10. The highest BCUT2D eigenvalue weighted by atomic mass is 16.6. The number of ether oxygens (including phenoxy) is 2. The molecule has 1 unspecified atom stereocenters. The van der Waals surface area contributed by atoms with Gasteiger partial charge in [-0.15, -0.1) is 0 Å². The maximum atomic E-state index is 12.8. The number of esters is 1. The molecule has 0 radical (unpaired) electrons. The van der Waals surface area contributed by atoms with Gasteiger partial charge in [0.1, 0.15) is 6.61 Å². The van der Waals surface area contributed by atoms with Crippen molar-refractivity contribution in [2.75, 3.05) is 32.7 Å². The first-order valence-electron chi connectivity index (χ1n) is 14.2. The lowest BCUT2D eigenvalue weighted by molar-refractivity contribution is -0.140. The number of methoxy groups -OCH3 is 1. The number of carbonyl (C=O) groups is 3. The molecule has 0 fully saturated rings. The average Bonchev–Trinajstić information content (AvgIpc) is 2.90. The third kappa shape index (κ3) is 10.5. The Morgan fingerprint density at radius 3 is 2.08 bits per heavy atom. The summed E-state index contributed by atoms with van der Waals surface area (Å²) in [6.07, 6.45) is 14.2. The van der Waals surface area contributed by atoms with Crippen molar-refractivity contribution in [3.8, 4) is 0 Å². The monoisotopic (exact) mass is 529 g/mol. The standard InChI is InChI=1S/C30H47N3O5/c1-5-6-7-8-9-10-11-12-13-14-15-16-26(34)31-25-19-17-24(18-20-25)28-27(29(35)38-22-21-37-4)23(2)33(3)30(36)32-28/h17-20,28H,5-16,21-22H2,1-4H3,(H,31,34)(H,32,36). The number of nitrogens with one attached hydrogen (secondary N) is 2. The van der Waals surface area contributed by atoms with Gasteiger partial charge in [0.25, 0.3) is 0 Å². The van der Waals surface area contributed by atoms with Gasteiger partial charge in [0.05, 0.1) is 18.2 Å². The minimum absolute atomic E-state index is 0.000539. The van der Waals surface area contributed by atoms with Crippen LogP contribution in [0.1, 0.15) is 103 Å². The molecule has 0 bridgehead atoms. The second-order valence-electron chi connectivity index (χ2n) is 10.0. The lowest BCUT2D eigenvalue weighted by Gasteiger charge is -2.33. The van der Waals surface area contributed by atoms with E-state index in [1.807, 2.05) is 12.1 Å². The molecular formula is C30H47N3O5. The smallest absolute Gasteiger partial charge is 0.338 e. The molecule has 1 aromatic rings. The largest absolute Gasteiger partial charge is 0.460 e. The molecule has 1 atom stereocenters. The normalized spacial score (nSPS) is 15.4. The van der Waals surface area contributed by atoms with E-state index in [2.05, 4.69) is 17.6 Å². The van der Waals surface area contributed by atoms with Gasteiger partial charge in [-0.1, -0.05) is 83.3 Å². The SMILES string of the molecule is CCCCCCCCCCCCCC(=O)Nc1ccc(C2NC(=O)N(C)C(C)=C2C(=O)OCCOC)cc1. The van der Waals surface area contributed by atoms with Crippen molar-refractivity contribution in [1.82, 2.24) is 10.2 Å². The summed E-state index contributed by atoms with van der Waals surface area (Å²) < 4.78 is 10.3. The van der Waals surface area contributed by atoms with Gasteiger partial charge in [-0.2, -0.15) is 0 Å². The molecule has 0 spiro atoms. The molecule has 8 heteroatoms. The lowest BCUT2D eigenvalue weighted by atomic mass is 9.95. The van der Waals surface area contributed by atoms with Crippen molar-refractivity contribution in [2.45, 2.75) is 96.9 Å². The van der Waals surface area contributed by atoms with E-state index < -0.39 is 12.0 Å². The average molecular weight is 530 g/mol. The second-order valence-corrected chi connectivity index (χ2v) is 10.0. The molecule has 1 aromatic carbocycles. The van der Waals surface area contributed by atoms with E-state index in [-0.39, 0.29) is 18.5 Å². The summed E-state index contributed by atoms with van der Waals surface area (Å²) in [5.74, 6) is -0.500. The predicted molar refractivity (Wildman–Crippen MR) is 151 cm³/mol. The fourth-order valence-corrected chi connectivity index (χ4v) is 4.58. The second kappa shape index (κ2) is 17.6. The van der Waals surface area contributed by atoms with E-state index in [1.165, 1.54) is 69.8 Å². The van der Waals surface area contributed by atoms with Crippen LogP contribution in [0.3, 0.4) is 0 Å². The number of anilines is 1. The molecule has 0 aromatic heterocycles. The van der Waals surface area contributed by atoms with Crippen molar-refractivity contribution in [1.29, 1.82) is 0 Å². The van der Waals surface area contributed by atoms with Gasteiger partial charge in [0.15, 0.2) is 0 Å². The van der Waals surface area contributed by atoms with Crippen LogP contribution in [-0.4, -0.2) is 50.2 Å². The first-order valence-corrected chi connectivity index (χ1v) is 14.2. The highest BCUT2D eigenvalue weighted by Crippen LogP contribution is 2.31. The highest BCUT2D eigenvalue weighted by Gasteiger charge is 2.35. The lowest BCUT2D eigenvalue weighted by Crippen LogP contribution is -2.46. The third-order valence-corrected chi connectivity index (χ3v) is 7.03. The predicted octanol–water partition coefficient (Wildman–Crippen LogP) is 6.49. The van der Waals surface area contributed by atoms with E-state index in [9.17, 15) is 14.4 Å². The number of carbonyl (C=O) groups excluding carboxylic acids is 3. The van der Waals surface area contributed by atoms with Crippen LogP contribution in [-0.2, 0) is 19.1 Å². The molecule has 1 aliphatic heterocycles. The van der Waals surface area contributed by atoms with Crippen LogP contribution >= 0.6 is 0 Å². The summed E-state index contributed by atoms with van der Waals surface area (Å²) in [7, 11) is 3.14. The van der Waals surface area contributed by atoms with Gasteiger partial charge < -0.3 is 25.0 Å². The number of amides is 3. The molecule has 1 aliphatic rings. The van der Waals surface area contributed by atoms with Gasteiger partial charge in [-0.25, -0.2) is 9.59 Å². The summed E-state index contributed by atoms with van der Waals surface area (Å²) >= 11 is 0. The Morgan fingerprint density at radius 2 is 1.50 bits per heavy atom. The Hall–Kier alpha value is -2.87. The van der Waals surface area contributed by atoms with Crippen molar-refractivity contribution >= 4 is 23.6 Å². The Morgan fingerprint density at radius 1 is 0.921 bits per heavy atom. The molecule has 1 heterocycles.